The standard InChI is InChI=1S/C21H28N6OS/c1-13-15(3)29-21-18(13)20(28)24-19(25-21)14(2)23-12-16-5-6-22-17(11-16)27-9-7-26(4)8-10-27/h5-6,11,14,23H,7-10,12H2,1-4H3,(H,24,25,28). The number of piperazine rings is 1. The molecule has 0 spiro atoms. The first-order valence-corrected chi connectivity index (χ1v) is 10.9. The van der Waals surface area contributed by atoms with Crippen LogP contribution in [0.1, 0.15) is 34.8 Å². The summed E-state index contributed by atoms with van der Waals surface area (Å²) in [5.74, 6) is 1.71. The second-order valence-electron chi connectivity index (χ2n) is 7.83. The van der Waals surface area contributed by atoms with E-state index in [0.717, 1.165) is 52.7 Å². The van der Waals surface area contributed by atoms with Gasteiger partial charge in [0, 0.05) is 43.8 Å². The minimum absolute atomic E-state index is 0.0539. The number of pyridine rings is 1. The lowest BCUT2D eigenvalue weighted by atomic mass is 10.2. The molecule has 0 amide bonds. The van der Waals surface area contributed by atoms with Crippen LogP contribution in [0.3, 0.4) is 0 Å². The predicted octanol–water partition coefficient (Wildman–Crippen LogP) is 2.60. The summed E-state index contributed by atoms with van der Waals surface area (Å²) in [4.78, 5) is 31.4. The molecule has 0 bridgehead atoms. The van der Waals surface area contributed by atoms with E-state index in [1.165, 1.54) is 5.56 Å². The third kappa shape index (κ3) is 4.19. The Bertz CT molecular complexity index is 1070. The van der Waals surface area contributed by atoms with Gasteiger partial charge in [-0.1, -0.05) is 0 Å². The summed E-state index contributed by atoms with van der Waals surface area (Å²) in [5, 5.41) is 4.20. The van der Waals surface area contributed by atoms with Gasteiger partial charge in [0.2, 0.25) is 0 Å². The van der Waals surface area contributed by atoms with Gasteiger partial charge in [0.15, 0.2) is 0 Å². The van der Waals surface area contributed by atoms with Crippen molar-refractivity contribution in [3.63, 3.8) is 0 Å². The van der Waals surface area contributed by atoms with E-state index in [-0.39, 0.29) is 11.6 Å². The molecule has 29 heavy (non-hydrogen) atoms. The van der Waals surface area contributed by atoms with Crippen molar-refractivity contribution in [1.82, 2.24) is 25.2 Å². The Hall–Kier alpha value is -2.29. The molecule has 1 unspecified atom stereocenters. The Kier molecular flexibility index (Phi) is 5.67. The molecule has 154 valence electrons. The molecule has 0 aromatic carbocycles. The molecule has 8 heteroatoms. The van der Waals surface area contributed by atoms with Crippen molar-refractivity contribution in [3.8, 4) is 0 Å². The number of nitrogens with zero attached hydrogens (tertiary/aromatic N) is 4. The van der Waals surface area contributed by atoms with Crippen LogP contribution in [0.15, 0.2) is 23.1 Å². The lowest BCUT2D eigenvalue weighted by molar-refractivity contribution is 0.312. The Morgan fingerprint density at radius 2 is 2.03 bits per heavy atom. The zero-order valence-corrected chi connectivity index (χ0v) is 18.3. The van der Waals surface area contributed by atoms with Crippen LogP contribution in [0.4, 0.5) is 5.82 Å². The number of anilines is 1. The van der Waals surface area contributed by atoms with Crippen LogP contribution in [0.5, 0.6) is 0 Å². The first kappa shape index (κ1) is 20.0. The summed E-state index contributed by atoms with van der Waals surface area (Å²) < 4.78 is 0. The number of aromatic amines is 1. The molecular weight excluding hydrogens is 384 g/mol. The first-order valence-electron chi connectivity index (χ1n) is 10.0. The molecule has 1 aliphatic heterocycles. The zero-order valence-electron chi connectivity index (χ0n) is 17.5. The van der Waals surface area contributed by atoms with Gasteiger partial charge in [-0.2, -0.15) is 0 Å². The van der Waals surface area contributed by atoms with Crippen LogP contribution in [0.2, 0.25) is 0 Å². The van der Waals surface area contributed by atoms with Crippen molar-refractivity contribution in [1.29, 1.82) is 0 Å². The number of thiophene rings is 1. The van der Waals surface area contributed by atoms with Crippen LogP contribution in [0, 0.1) is 13.8 Å². The van der Waals surface area contributed by atoms with Gasteiger partial charge < -0.3 is 20.1 Å². The number of likely N-dealkylation sites (N-methyl/N-ethyl adjacent to an activating group) is 1. The number of hydrogen-bond donors (Lipinski definition) is 2. The molecule has 1 fully saturated rings. The van der Waals surface area contributed by atoms with Crippen LogP contribution < -0.4 is 15.8 Å². The van der Waals surface area contributed by atoms with E-state index in [1.807, 2.05) is 33.0 Å². The minimum Gasteiger partial charge on any atom is -0.354 e. The van der Waals surface area contributed by atoms with Crippen LogP contribution in [-0.4, -0.2) is 53.1 Å². The Morgan fingerprint density at radius 1 is 1.28 bits per heavy atom. The largest absolute Gasteiger partial charge is 0.354 e. The van der Waals surface area contributed by atoms with E-state index in [1.54, 1.807) is 11.3 Å². The smallest absolute Gasteiger partial charge is 0.259 e. The van der Waals surface area contributed by atoms with E-state index in [0.29, 0.717) is 12.4 Å². The highest BCUT2D eigenvalue weighted by Gasteiger charge is 2.17. The van der Waals surface area contributed by atoms with Gasteiger partial charge in [-0.3, -0.25) is 4.79 Å². The molecule has 3 aromatic rings. The fraction of sp³-hybridized carbons (Fsp3) is 0.476. The molecular formula is C21H28N6OS. The van der Waals surface area contributed by atoms with Crippen molar-refractivity contribution >= 4 is 27.4 Å². The maximum absolute atomic E-state index is 12.5. The van der Waals surface area contributed by atoms with E-state index in [4.69, 9.17) is 4.98 Å². The van der Waals surface area contributed by atoms with E-state index >= 15 is 0 Å². The number of H-pyrrole nitrogens is 1. The Labute approximate surface area is 174 Å². The quantitative estimate of drug-likeness (QED) is 0.671. The fourth-order valence-electron chi connectivity index (χ4n) is 3.62. The molecule has 3 aromatic heterocycles. The van der Waals surface area contributed by atoms with Crippen LogP contribution in [0.25, 0.3) is 10.2 Å². The molecule has 1 saturated heterocycles. The van der Waals surface area contributed by atoms with Gasteiger partial charge >= 0.3 is 0 Å². The topological polar surface area (TPSA) is 77.2 Å². The number of aryl methyl sites for hydroxylation is 2. The molecule has 7 nitrogen and oxygen atoms in total. The highest BCUT2D eigenvalue weighted by Crippen LogP contribution is 2.26. The summed E-state index contributed by atoms with van der Waals surface area (Å²) >= 11 is 1.58. The molecule has 0 saturated carbocycles. The van der Waals surface area contributed by atoms with Crippen molar-refractivity contribution < 1.29 is 0 Å². The number of fused-ring (bicyclic) bond motifs is 1. The second-order valence-corrected chi connectivity index (χ2v) is 9.03. The van der Waals surface area contributed by atoms with Gasteiger partial charge in [0.25, 0.3) is 5.56 Å². The van der Waals surface area contributed by atoms with Crippen molar-refractivity contribution in [3.05, 3.63) is 50.5 Å². The molecule has 4 heterocycles. The lowest BCUT2D eigenvalue weighted by Crippen LogP contribution is -2.44. The van der Waals surface area contributed by atoms with E-state index in [9.17, 15) is 4.79 Å². The van der Waals surface area contributed by atoms with E-state index < -0.39 is 0 Å². The second kappa shape index (κ2) is 8.22. The summed E-state index contributed by atoms with van der Waals surface area (Å²) in [5.41, 5.74) is 2.15. The van der Waals surface area contributed by atoms with Crippen molar-refractivity contribution in [2.75, 3.05) is 38.1 Å². The third-order valence-electron chi connectivity index (χ3n) is 5.72. The summed E-state index contributed by atoms with van der Waals surface area (Å²) in [6.07, 6.45) is 1.87. The average molecular weight is 413 g/mol. The number of hydrogen-bond acceptors (Lipinski definition) is 7. The highest BCUT2D eigenvalue weighted by atomic mass is 32.1. The maximum Gasteiger partial charge on any atom is 0.259 e. The van der Waals surface area contributed by atoms with Gasteiger partial charge in [-0.25, -0.2) is 9.97 Å². The number of rotatable bonds is 5. The van der Waals surface area contributed by atoms with Crippen LogP contribution in [-0.2, 0) is 6.54 Å². The predicted molar refractivity (Wildman–Crippen MR) is 119 cm³/mol. The highest BCUT2D eigenvalue weighted by molar-refractivity contribution is 7.18. The molecule has 2 N–H and O–H groups in total. The lowest BCUT2D eigenvalue weighted by Gasteiger charge is -2.33. The molecule has 1 atom stereocenters. The van der Waals surface area contributed by atoms with Gasteiger partial charge in [-0.05, 0) is 51.1 Å². The summed E-state index contributed by atoms with van der Waals surface area (Å²) in [7, 11) is 2.15. The Balaban J connectivity index is 1.46. The Morgan fingerprint density at radius 3 is 2.79 bits per heavy atom. The molecule has 0 radical (unpaired) electrons. The SMILES string of the molecule is Cc1sc2nc(C(C)NCc3ccnc(N4CCN(C)CC4)c3)[nH]c(=O)c2c1C. The molecule has 0 aliphatic carbocycles. The number of nitrogens with one attached hydrogen (secondary N) is 2. The van der Waals surface area contributed by atoms with Gasteiger partial charge in [0.1, 0.15) is 16.5 Å². The maximum atomic E-state index is 12.5. The van der Waals surface area contributed by atoms with Crippen molar-refractivity contribution in [2.24, 2.45) is 0 Å². The van der Waals surface area contributed by atoms with Gasteiger partial charge in [0.05, 0.1) is 11.4 Å². The fourth-order valence-corrected chi connectivity index (χ4v) is 4.66. The summed E-state index contributed by atoms with van der Waals surface area (Å²) in [6.45, 7) is 10.9. The minimum atomic E-state index is -0.0601. The summed E-state index contributed by atoms with van der Waals surface area (Å²) in [6, 6.07) is 4.12. The zero-order chi connectivity index (χ0) is 20.5. The number of aromatic nitrogens is 3. The van der Waals surface area contributed by atoms with Crippen molar-refractivity contribution in [2.45, 2.75) is 33.4 Å². The monoisotopic (exact) mass is 412 g/mol. The van der Waals surface area contributed by atoms with E-state index in [2.05, 4.69) is 38.2 Å². The average Bonchev–Trinajstić information content (AvgIpc) is 3.01. The molecule has 1 aliphatic rings. The normalized spacial score (nSPS) is 16.5. The first-order chi connectivity index (χ1) is 13.9. The van der Waals surface area contributed by atoms with Crippen LogP contribution >= 0.6 is 11.3 Å². The van der Waals surface area contributed by atoms with Gasteiger partial charge in [-0.15, -0.1) is 11.3 Å². The third-order valence-corrected chi connectivity index (χ3v) is 6.82. The molecule has 4 rings (SSSR count).